The molecule has 0 unspecified atom stereocenters. The molecule has 4 nitrogen and oxygen atoms in total. The highest BCUT2D eigenvalue weighted by atomic mass is 16.7. The van der Waals surface area contributed by atoms with E-state index in [9.17, 15) is 4.79 Å². The normalized spacial score (nSPS) is 14.9. The molecular formula is C16H32O4. The number of aliphatic carboxylic acids is 1. The Morgan fingerprint density at radius 1 is 0.950 bits per heavy atom. The first-order valence-electron chi connectivity index (χ1n) is 8.15. The van der Waals surface area contributed by atoms with Crippen molar-refractivity contribution in [1.82, 2.24) is 0 Å². The van der Waals surface area contributed by atoms with Gasteiger partial charge < -0.3 is 14.6 Å². The Hall–Kier alpha value is -0.610. The highest BCUT2D eigenvalue weighted by molar-refractivity contribution is 5.66. The first-order valence-corrected chi connectivity index (χ1v) is 8.15. The van der Waals surface area contributed by atoms with Crippen LogP contribution in [-0.4, -0.2) is 30.6 Å². The van der Waals surface area contributed by atoms with Crippen molar-refractivity contribution in [3.05, 3.63) is 0 Å². The Labute approximate surface area is 123 Å². The summed E-state index contributed by atoms with van der Waals surface area (Å²) in [6.07, 6.45) is 10.9. The molecule has 1 N–H and O–H groups in total. The van der Waals surface area contributed by atoms with E-state index in [2.05, 4.69) is 13.8 Å². The number of carboxylic acids is 1. The monoisotopic (exact) mass is 288 g/mol. The molecule has 1 fully saturated rings. The van der Waals surface area contributed by atoms with Crippen LogP contribution in [-0.2, 0) is 14.3 Å². The predicted octanol–water partition coefficient (Wildman–Crippen LogP) is 4.37. The van der Waals surface area contributed by atoms with E-state index in [0.717, 1.165) is 38.9 Å². The summed E-state index contributed by atoms with van der Waals surface area (Å²) in [6.45, 7) is 5.89. The van der Waals surface area contributed by atoms with Gasteiger partial charge in [0.1, 0.15) is 0 Å². The van der Waals surface area contributed by atoms with E-state index in [4.69, 9.17) is 14.6 Å². The highest BCUT2D eigenvalue weighted by Gasteiger charge is 2.13. The summed E-state index contributed by atoms with van der Waals surface area (Å²) in [5.41, 5.74) is 0. The van der Waals surface area contributed by atoms with Crippen LogP contribution >= 0.6 is 0 Å². The molecule has 0 bridgehead atoms. The molecule has 1 rings (SSSR count). The van der Waals surface area contributed by atoms with E-state index < -0.39 is 5.97 Å². The van der Waals surface area contributed by atoms with Crippen LogP contribution < -0.4 is 0 Å². The van der Waals surface area contributed by atoms with Gasteiger partial charge in [0.15, 0.2) is 6.29 Å². The number of carboxylic acid groups (broad SMARTS) is 1. The number of hydrogen-bond acceptors (Lipinski definition) is 3. The van der Waals surface area contributed by atoms with Crippen molar-refractivity contribution in [3.8, 4) is 0 Å². The number of rotatable bonds is 10. The van der Waals surface area contributed by atoms with Gasteiger partial charge in [-0.1, -0.05) is 58.8 Å². The van der Waals surface area contributed by atoms with Crippen LogP contribution in [0.4, 0.5) is 0 Å². The average molecular weight is 288 g/mol. The fraction of sp³-hybridized carbons (Fsp3) is 0.938. The van der Waals surface area contributed by atoms with Crippen molar-refractivity contribution in [2.24, 2.45) is 0 Å². The molecule has 1 aliphatic rings. The average Bonchev–Trinajstić information content (AvgIpc) is 2.92. The SMILES string of the molecule is CCCC1OCCO1.CCCCCCCCCC(=O)O. The van der Waals surface area contributed by atoms with E-state index in [1.54, 1.807) is 0 Å². The summed E-state index contributed by atoms with van der Waals surface area (Å²) in [5.74, 6) is -0.663. The Kier molecular flexibility index (Phi) is 14.3. The van der Waals surface area contributed by atoms with Gasteiger partial charge in [-0.2, -0.15) is 0 Å². The van der Waals surface area contributed by atoms with Gasteiger partial charge in [0.05, 0.1) is 13.2 Å². The van der Waals surface area contributed by atoms with Crippen molar-refractivity contribution in [2.75, 3.05) is 13.2 Å². The fourth-order valence-corrected chi connectivity index (χ4v) is 2.04. The molecule has 1 heterocycles. The lowest BCUT2D eigenvalue weighted by Crippen LogP contribution is -2.05. The lowest BCUT2D eigenvalue weighted by molar-refractivity contribution is -0.137. The van der Waals surface area contributed by atoms with E-state index in [1.165, 1.54) is 32.1 Å². The molecule has 20 heavy (non-hydrogen) atoms. The van der Waals surface area contributed by atoms with Crippen molar-refractivity contribution in [3.63, 3.8) is 0 Å². The zero-order chi connectivity index (χ0) is 15.1. The summed E-state index contributed by atoms with van der Waals surface area (Å²) in [4.78, 5) is 10.1. The van der Waals surface area contributed by atoms with Crippen LogP contribution in [0.3, 0.4) is 0 Å². The molecule has 0 aromatic heterocycles. The second-order valence-electron chi connectivity index (χ2n) is 5.22. The molecule has 0 radical (unpaired) electrons. The lowest BCUT2D eigenvalue weighted by Gasteiger charge is -2.04. The Morgan fingerprint density at radius 2 is 1.50 bits per heavy atom. The second kappa shape index (κ2) is 14.8. The maximum atomic E-state index is 10.1. The predicted molar refractivity (Wildman–Crippen MR) is 80.8 cm³/mol. The van der Waals surface area contributed by atoms with Crippen LogP contribution in [0.5, 0.6) is 0 Å². The standard InChI is InChI=1S/C10H20O2.C6H12O2/c1-2-3-4-5-6-7-8-9-10(11)12;1-2-3-6-7-4-5-8-6/h2-9H2,1H3,(H,11,12);6H,2-5H2,1H3. The minimum Gasteiger partial charge on any atom is -0.481 e. The van der Waals surface area contributed by atoms with Gasteiger partial charge in [-0.05, 0) is 12.8 Å². The summed E-state index contributed by atoms with van der Waals surface area (Å²) >= 11 is 0. The molecule has 1 aliphatic heterocycles. The third kappa shape index (κ3) is 13.8. The van der Waals surface area contributed by atoms with Crippen LogP contribution in [0.25, 0.3) is 0 Å². The maximum Gasteiger partial charge on any atom is 0.303 e. The molecule has 120 valence electrons. The third-order valence-electron chi connectivity index (χ3n) is 3.21. The van der Waals surface area contributed by atoms with Crippen molar-refractivity contribution in [1.29, 1.82) is 0 Å². The molecular weight excluding hydrogens is 256 g/mol. The van der Waals surface area contributed by atoms with E-state index in [1.807, 2.05) is 0 Å². The molecule has 1 saturated heterocycles. The van der Waals surface area contributed by atoms with E-state index in [0.29, 0.717) is 6.42 Å². The Bertz CT molecular complexity index is 213. The van der Waals surface area contributed by atoms with Crippen molar-refractivity contribution < 1.29 is 19.4 Å². The molecule has 4 heteroatoms. The summed E-state index contributed by atoms with van der Waals surface area (Å²) in [7, 11) is 0. The second-order valence-corrected chi connectivity index (χ2v) is 5.22. The van der Waals surface area contributed by atoms with Gasteiger partial charge in [0.25, 0.3) is 0 Å². The van der Waals surface area contributed by atoms with Crippen LogP contribution in [0.15, 0.2) is 0 Å². The fourth-order valence-electron chi connectivity index (χ4n) is 2.04. The lowest BCUT2D eigenvalue weighted by atomic mass is 10.1. The van der Waals surface area contributed by atoms with E-state index in [-0.39, 0.29) is 6.29 Å². The molecule has 0 aliphatic carbocycles. The first-order chi connectivity index (χ1) is 9.70. The molecule has 0 amide bonds. The van der Waals surface area contributed by atoms with Crippen LogP contribution in [0.1, 0.15) is 78.1 Å². The van der Waals surface area contributed by atoms with Gasteiger partial charge in [0, 0.05) is 6.42 Å². The molecule has 0 atom stereocenters. The number of ether oxygens (including phenoxy) is 2. The van der Waals surface area contributed by atoms with Gasteiger partial charge in [-0.15, -0.1) is 0 Å². The molecule has 0 saturated carbocycles. The Balaban J connectivity index is 0.000000388. The van der Waals surface area contributed by atoms with Gasteiger partial charge in [-0.3, -0.25) is 4.79 Å². The summed E-state index contributed by atoms with van der Waals surface area (Å²) in [5, 5.41) is 8.35. The molecule has 0 aromatic carbocycles. The number of carbonyl (C=O) groups is 1. The van der Waals surface area contributed by atoms with Gasteiger partial charge in [0.2, 0.25) is 0 Å². The molecule has 0 aromatic rings. The summed E-state index contributed by atoms with van der Waals surface area (Å²) < 4.78 is 10.3. The Morgan fingerprint density at radius 3 is 2.00 bits per heavy atom. The van der Waals surface area contributed by atoms with Gasteiger partial charge >= 0.3 is 5.97 Å². The van der Waals surface area contributed by atoms with E-state index >= 15 is 0 Å². The number of hydrogen-bond donors (Lipinski definition) is 1. The summed E-state index contributed by atoms with van der Waals surface area (Å²) in [6, 6.07) is 0. The first kappa shape index (κ1) is 19.4. The molecule has 0 spiro atoms. The van der Waals surface area contributed by atoms with Crippen molar-refractivity contribution >= 4 is 5.97 Å². The zero-order valence-corrected chi connectivity index (χ0v) is 13.2. The third-order valence-corrected chi connectivity index (χ3v) is 3.21. The van der Waals surface area contributed by atoms with Gasteiger partial charge in [-0.25, -0.2) is 0 Å². The zero-order valence-electron chi connectivity index (χ0n) is 13.2. The maximum absolute atomic E-state index is 10.1. The minimum atomic E-state index is -0.663. The highest BCUT2D eigenvalue weighted by Crippen LogP contribution is 2.09. The number of unbranched alkanes of at least 4 members (excludes halogenated alkanes) is 6. The smallest absolute Gasteiger partial charge is 0.303 e. The topological polar surface area (TPSA) is 55.8 Å². The largest absolute Gasteiger partial charge is 0.481 e. The quantitative estimate of drug-likeness (QED) is 0.606. The van der Waals surface area contributed by atoms with Crippen molar-refractivity contribution in [2.45, 2.75) is 84.3 Å². The minimum absolute atomic E-state index is 0.111. The van der Waals surface area contributed by atoms with Crippen LogP contribution in [0.2, 0.25) is 0 Å². The van der Waals surface area contributed by atoms with Crippen LogP contribution in [0, 0.1) is 0 Å².